The molecular formula is C9H6BrFO2. The molecule has 0 amide bonds. The Labute approximate surface area is 82.9 Å². The summed E-state index contributed by atoms with van der Waals surface area (Å²) in [6, 6.07) is 2.34. The van der Waals surface area contributed by atoms with Crippen LogP contribution in [0.4, 0.5) is 4.39 Å². The van der Waals surface area contributed by atoms with Gasteiger partial charge in [0.05, 0.1) is 5.56 Å². The minimum Gasteiger partial charge on any atom is -0.298 e. The molecule has 0 fully saturated rings. The van der Waals surface area contributed by atoms with E-state index in [0.717, 1.165) is 6.07 Å². The molecule has 1 aromatic rings. The first-order chi connectivity index (χ1) is 6.06. The zero-order chi connectivity index (χ0) is 10.0. The highest BCUT2D eigenvalue weighted by Crippen LogP contribution is 2.20. The molecule has 2 nitrogen and oxygen atoms in total. The molecule has 0 aromatic heterocycles. The van der Waals surface area contributed by atoms with Crippen molar-refractivity contribution in [2.45, 2.75) is 6.92 Å². The van der Waals surface area contributed by atoms with Crippen LogP contribution in [0.2, 0.25) is 0 Å². The van der Waals surface area contributed by atoms with Crippen LogP contribution in [-0.4, -0.2) is 12.1 Å². The van der Waals surface area contributed by atoms with Crippen molar-refractivity contribution in [2.24, 2.45) is 0 Å². The molecule has 0 aliphatic heterocycles. The number of hydrogen-bond acceptors (Lipinski definition) is 2. The average Bonchev–Trinajstić information content (AvgIpc) is 2.07. The van der Waals surface area contributed by atoms with Crippen molar-refractivity contribution in [3.8, 4) is 0 Å². The summed E-state index contributed by atoms with van der Waals surface area (Å²) >= 11 is 3.08. The van der Waals surface area contributed by atoms with Crippen LogP contribution in [-0.2, 0) is 0 Å². The molecule has 68 valence electrons. The Morgan fingerprint density at radius 3 is 2.62 bits per heavy atom. The molecule has 1 aromatic carbocycles. The molecule has 0 radical (unpaired) electrons. The molecule has 0 saturated heterocycles. The van der Waals surface area contributed by atoms with Crippen LogP contribution in [0, 0.1) is 5.82 Å². The first kappa shape index (κ1) is 10.1. The molecule has 0 aliphatic rings. The summed E-state index contributed by atoms with van der Waals surface area (Å²) in [5.74, 6) is -0.924. The van der Waals surface area contributed by atoms with E-state index in [1.54, 1.807) is 0 Å². The van der Waals surface area contributed by atoms with Crippen molar-refractivity contribution in [2.75, 3.05) is 0 Å². The van der Waals surface area contributed by atoms with Crippen LogP contribution in [0.1, 0.15) is 27.6 Å². The average molecular weight is 245 g/mol. The lowest BCUT2D eigenvalue weighted by molar-refractivity contribution is 0.101. The Morgan fingerprint density at radius 1 is 1.54 bits per heavy atom. The zero-order valence-electron chi connectivity index (χ0n) is 6.80. The van der Waals surface area contributed by atoms with Crippen LogP contribution in [0.25, 0.3) is 0 Å². The summed E-state index contributed by atoms with van der Waals surface area (Å²) in [5, 5.41) is 0. The molecule has 0 atom stereocenters. The Hall–Kier alpha value is -1.03. The highest BCUT2D eigenvalue weighted by Gasteiger charge is 2.10. The molecule has 0 spiro atoms. The fourth-order valence-corrected chi connectivity index (χ4v) is 1.56. The number of carbonyl (C=O) groups is 2. The van der Waals surface area contributed by atoms with E-state index in [0.29, 0.717) is 10.8 Å². The first-order valence-corrected chi connectivity index (χ1v) is 4.30. The largest absolute Gasteiger partial charge is 0.298 e. The lowest BCUT2D eigenvalue weighted by Crippen LogP contribution is -1.98. The second-order valence-corrected chi connectivity index (χ2v) is 3.38. The van der Waals surface area contributed by atoms with Gasteiger partial charge >= 0.3 is 0 Å². The van der Waals surface area contributed by atoms with E-state index in [4.69, 9.17) is 0 Å². The zero-order valence-corrected chi connectivity index (χ0v) is 8.39. The smallest absolute Gasteiger partial charge is 0.161 e. The fourth-order valence-electron chi connectivity index (χ4n) is 0.922. The Balaban J connectivity index is 3.36. The topological polar surface area (TPSA) is 34.1 Å². The predicted molar refractivity (Wildman–Crippen MR) is 49.5 cm³/mol. The second kappa shape index (κ2) is 3.79. The van der Waals surface area contributed by atoms with Crippen molar-refractivity contribution in [1.82, 2.24) is 0 Å². The molecule has 0 saturated carbocycles. The Morgan fingerprint density at radius 2 is 2.15 bits per heavy atom. The van der Waals surface area contributed by atoms with Gasteiger partial charge in [-0.05, 0) is 19.1 Å². The number of aldehydes is 1. The van der Waals surface area contributed by atoms with Crippen molar-refractivity contribution in [3.63, 3.8) is 0 Å². The summed E-state index contributed by atoms with van der Waals surface area (Å²) in [7, 11) is 0. The van der Waals surface area contributed by atoms with Crippen LogP contribution in [0.15, 0.2) is 16.6 Å². The molecule has 0 heterocycles. The van der Waals surface area contributed by atoms with Gasteiger partial charge in [-0.25, -0.2) is 4.39 Å². The van der Waals surface area contributed by atoms with Gasteiger partial charge in [-0.3, -0.25) is 9.59 Å². The standard InChI is InChI=1S/C9H6BrFO2/c1-5(13)7-3-9(11)6(4-12)2-8(7)10/h2-4H,1H3. The molecule has 0 N–H and O–H groups in total. The Kier molecular flexibility index (Phi) is 2.93. The quantitative estimate of drug-likeness (QED) is 0.592. The molecule has 0 unspecified atom stereocenters. The maximum absolute atomic E-state index is 13.0. The Bertz CT molecular complexity index is 374. The van der Waals surface area contributed by atoms with E-state index in [1.165, 1.54) is 13.0 Å². The van der Waals surface area contributed by atoms with Gasteiger partial charge in [0.25, 0.3) is 0 Å². The van der Waals surface area contributed by atoms with Gasteiger partial charge in [-0.1, -0.05) is 15.9 Å². The molecule has 0 aliphatic carbocycles. The molecule has 13 heavy (non-hydrogen) atoms. The number of rotatable bonds is 2. The van der Waals surface area contributed by atoms with Gasteiger partial charge in [0.15, 0.2) is 12.1 Å². The van der Waals surface area contributed by atoms with E-state index in [2.05, 4.69) is 15.9 Å². The van der Waals surface area contributed by atoms with Crippen LogP contribution in [0.5, 0.6) is 0 Å². The van der Waals surface area contributed by atoms with Gasteiger partial charge in [0.1, 0.15) is 5.82 Å². The number of halogens is 2. The van der Waals surface area contributed by atoms with Crippen molar-refractivity contribution in [1.29, 1.82) is 0 Å². The van der Waals surface area contributed by atoms with E-state index < -0.39 is 5.82 Å². The summed E-state index contributed by atoms with van der Waals surface area (Å²) in [6.45, 7) is 1.33. The monoisotopic (exact) mass is 244 g/mol. The van der Waals surface area contributed by atoms with E-state index in [1.807, 2.05) is 0 Å². The molecule has 0 bridgehead atoms. The summed E-state index contributed by atoms with van der Waals surface area (Å²) in [4.78, 5) is 21.2. The van der Waals surface area contributed by atoms with Crippen LogP contribution >= 0.6 is 15.9 Å². The van der Waals surface area contributed by atoms with E-state index >= 15 is 0 Å². The molecule has 1 rings (SSSR count). The minimum absolute atomic E-state index is 0.0584. The lowest BCUT2D eigenvalue weighted by Gasteiger charge is -2.01. The maximum Gasteiger partial charge on any atom is 0.161 e. The van der Waals surface area contributed by atoms with E-state index in [9.17, 15) is 14.0 Å². The maximum atomic E-state index is 13.0. The third-order valence-corrected chi connectivity index (χ3v) is 2.25. The van der Waals surface area contributed by atoms with Crippen molar-refractivity contribution >= 4 is 28.0 Å². The van der Waals surface area contributed by atoms with Gasteiger partial charge in [0, 0.05) is 10.0 Å². The van der Waals surface area contributed by atoms with E-state index in [-0.39, 0.29) is 16.9 Å². The van der Waals surface area contributed by atoms with Crippen LogP contribution in [0.3, 0.4) is 0 Å². The van der Waals surface area contributed by atoms with Crippen molar-refractivity contribution in [3.05, 3.63) is 33.5 Å². The highest BCUT2D eigenvalue weighted by atomic mass is 79.9. The number of ketones is 1. The summed E-state index contributed by atoms with van der Waals surface area (Å²) < 4.78 is 13.4. The van der Waals surface area contributed by atoms with Gasteiger partial charge in [-0.15, -0.1) is 0 Å². The lowest BCUT2D eigenvalue weighted by atomic mass is 10.1. The number of carbonyl (C=O) groups excluding carboxylic acids is 2. The van der Waals surface area contributed by atoms with Gasteiger partial charge in [-0.2, -0.15) is 0 Å². The number of hydrogen-bond donors (Lipinski definition) is 0. The number of Topliss-reactive ketones (excluding diaryl/α,β-unsaturated/α-hetero) is 1. The summed E-state index contributed by atoms with van der Waals surface area (Å²) in [5.41, 5.74) is 0.181. The van der Waals surface area contributed by atoms with Crippen LogP contribution < -0.4 is 0 Å². The predicted octanol–water partition coefficient (Wildman–Crippen LogP) is 2.60. The normalized spacial score (nSPS) is 9.77. The fraction of sp³-hybridized carbons (Fsp3) is 0.111. The molecule has 4 heteroatoms. The third kappa shape index (κ3) is 2.01. The minimum atomic E-state index is -0.677. The highest BCUT2D eigenvalue weighted by molar-refractivity contribution is 9.10. The third-order valence-electron chi connectivity index (χ3n) is 1.59. The SMILES string of the molecule is CC(=O)c1cc(F)c(C=O)cc1Br. The molecular weight excluding hydrogens is 239 g/mol. The number of benzene rings is 1. The van der Waals surface area contributed by atoms with Gasteiger partial charge < -0.3 is 0 Å². The van der Waals surface area contributed by atoms with Gasteiger partial charge in [0.2, 0.25) is 0 Å². The summed E-state index contributed by atoms with van der Waals surface area (Å²) in [6.07, 6.45) is 0.407. The van der Waals surface area contributed by atoms with Crippen molar-refractivity contribution < 1.29 is 14.0 Å². The first-order valence-electron chi connectivity index (χ1n) is 3.51. The second-order valence-electron chi connectivity index (χ2n) is 2.53.